The van der Waals surface area contributed by atoms with Crippen LogP contribution >= 0.6 is 0 Å². The molecular weight excluding hydrogens is 527 g/mol. The minimum atomic E-state index is -4.38. The van der Waals surface area contributed by atoms with Crippen LogP contribution in [0, 0.1) is 5.41 Å². The first-order valence-corrected chi connectivity index (χ1v) is 17.5. The normalized spacial score (nSPS) is 26.0. The van der Waals surface area contributed by atoms with Crippen molar-refractivity contribution in [1.29, 1.82) is 0 Å². The van der Waals surface area contributed by atoms with E-state index >= 15 is 0 Å². The van der Waals surface area contributed by atoms with Gasteiger partial charge in [-0.3, -0.25) is 4.98 Å². The van der Waals surface area contributed by atoms with Gasteiger partial charge in [-0.2, -0.15) is 13.2 Å². The van der Waals surface area contributed by atoms with E-state index in [1.54, 1.807) is 12.1 Å². The summed E-state index contributed by atoms with van der Waals surface area (Å²) in [6, 6.07) is 5.48. The number of aromatic nitrogens is 1. The SMILES string of the molecule is CC(C)c1nc2c(c3c1[C@H](c1ccc(C(F)(F)F)cc1)O[C@]31C=CCC1)[C@@H](O[Si](C)(C)C(C)(C)C)CC(C)(C)C2. The Labute approximate surface area is 238 Å². The smallest absolute Gasteiger partial charge is 0.410 e. The second kappa shape index (κ2) is 9.53. The maximum Gasteiger partial charge on any atom is 0.416 e. The molecule has 2 aromatic rings. The van der Waals surface area contributed by atoms with E-state index in [9.17, 15) is 13.2 Å². The molecule has 0 fully saturated rings. The lowest BCUT2D eigenvalue weighted by atomic mass is 9.70. The van der Waals surface area contributed by atoms with Crippen LogP contribution in [-0.4, -0.2) is 13.3 Å². The van der Waals surface area contributed by atoms with Crippen molar-refractivity contribution in [2.24, 2.45) is 5.41 Å². The highest BCUT2D eigenvalue weighted by Crippen LogP contribution is 2.59. The first-order valence-electron chi connectivity index (χ1n) is 14.6. The molecule has 3 atom stereocenters. The van der Waals surface area contributed by atoms with E-state index in [1.165, 1.54) is 23.3 Å². The molecule has 2 aliphatic carbocycles. The average Bonchev–Trinajstić information content (AvgIpc) is 3.41. The van der Waals surface area contributed by atoms with Crippen molar-refractivity contribution < 1.29 is 22.3 Å². The van der Waals surface area contributed by atoms with E-state index in [0.717, 1.165) is 48.2 Å². The third kappa shape index (κ3) is 5.00. The molecule has 2 heterocycles. The molecule has 1 aromatic carbocycles. The molecule has 0 bridgehead atoms. The Morgan fingerprint density at radius 1 is 1.05 bits per heavy atom. The van der Waals surface area contributed by atoms with Crippen molar-refractivity contribution in [3.05, 3.63) is 75.6 Å². The molecule has 0 N–H and O–H groups in total. The lowest BCUT2D eigenvalue weighted by Crippen LogP contribution is -2.44. The van der Waals surface area contributed by atoms with E-state index in [-0.39, 0.29) is 22.5 Å². The zero-order valence-electron chi connectivity index (χ0n) is 25.4. The monoisotopic (exact) mass is 571 g/mol. The van der Waals surface area contributed by atoms with E-state index in [4.69, 9.17) is 14.1 Å². The molecule has 1 spiro atoms. The van der Waals surface area contributed by atoms with Gasteiger partial charge in [0.2, 0.25) is 0 Å². The highest BCUT2D eigenvalue weighted by atomic mass is 28.4. The predicted octanol–water partition coefficient (Wildman–Crippen LogP) is 9.92. The lowest BCUT2D eigenvalue weighted by Gasteiger charge is -2.45. The fourth-order valence-corrected chi connectivity index (χ4v) is 7.73. The van der Waals surface area contributed by atoms with Crippen molar-refractivity contribution >= 4 is 8.32 Å². The van der Waals surface area contributed by atoms with Gasteiger partial charge in [0, 0.05) is 28.1 Å². The van der Waals surface area contributed by atoms with Gasteiger partial charge < -0.3 is 9.16 Å². The molecule has 0 saturated carbocycles. The summed E-state index contributed by atoms with van der Waals surface area (Å²) in [4.78, 5) is 5.36. The molecule has 0 radical (unpaired) electrons. The van der Waals surface area contributed by atoms with Crippen LogP contribution < -0.4 is 0 Å². The highest BCUT2D eigenvalue weighted by Gasteiger charge is 2.53. The molecule has 3 aliphatic rings. The summed E-state index contributed by atoms with van der Waals surface area (Å²) < 4.78 is 54.4. The Kier molecular flexibility index (Phi) is 7.04. The zero-order valence-corrected chi connectivity index (χ0v) is 26.4. The molecule has 5 rings (SSSR count). The van der Waals surface area contributed by atoms with Crippen LogP contribution in [-0.2, 0) is 27.4 Å². The standard InChI is InChI=1S/C33H44F3NO2Si/c1-20(2)28-26-27(25-23(37-28)18-31(6,7)19-24(25)39-40(8,9)30(3,4)5)32(16-10-11-17-32)38-29(26)21-12-14-22(15-13-21)33(34,35)36/h10,12-16,20,24,29H,11,17-19H2,1-9H3/t24-,29-,32-/m0/s1. The minimum Gasteiger partial charge on any atom is -0.410 e. The summed E-state index contributed by atoms with van der Waals surface area (Å²) in [6.07, 6.45) is 2.84. The Morgan fingerprint density at radius 3 is 2.23 bits per heavy atom. The Hall–Kier alpha value is -1.96. The summed E-state index contributed by atoms with van der Waals surface area (Å²) in [6.45, 7) is 20.3. The summed E-state index contributed by atoms with van der Waals surface area (Å²) in [7, 11) is -2.14. The van der Waals surface area contributed by atoms with Gasteiger partial charge in [-0.05, 0) is 72.8 Å². The van der Waals surface area contributed by atoms with Gasteiger partial charge in [0.25, 0.3) is 0 Å². The van der Waals surface area contributed by atoms with Gasteiger partial charge in [-0.25, -0.2) is 0 Å². The number of fused-ring (bicyclic) bond motifs is 4. The second-order valence-corrected chi connectivity index (χ2v) is 19.4. The number of allylic oxidation sites excluding steroid dienone is 1. The topological polar surface area (TPSA) is 31.4 Å². The number of ether oxygens (including phenoxy) is 1. The number of hydrogen-bond donors (Lipinski definition) is 0. The van der Waals surface area contributed by atoms with Crippen LogP contribution in [0.1, 0.15) is 125 Å². The highest BCUT2D eigenvalue weighted by molar-refractivity contribution is 6.74. The molecule has 0 saturated heterocycles. The number of pyridine rings is 1. The summed E-state index contributed by atoms with van der Waals surface area (Å²) in [5.74, 6) is 0.130. The van der Waals surface area contributed by atoms with Crippen LogP contribution in [0.5, 0.6) is 0 Å². The average molecular weight is 572 g/mol. The molecule has 40 heavy (non-hydrogen) atoms. The van der Waals surface area contributed by atoms with E-state index < -0.39 is 31.8 Å². The van der Waals surface area contributed by atoms with E-state index in [0.29, 0.717) is 0 Å². The van der Waals surface area contributed by atoms with Crippen molar-refractivity contribution in [2.75, 3.05) is 0 Å². The first kappa shape index (κ1) is 29.5. The molecular formula is C33H44F3NO2Si. The van der Waals surface area contributed by atoms with Crippen LogP contribution in [0.15, 0.2) is 36.4 Å². The molecule has 0 unspecified atom stereocenters. The maximum absolute atomic E-state index is 13.4. The van der Waals surface area contributed by atoms with Gasteiger partial charge in [-0.1, -0.05) is 72.8 Å². The molecule has 218 valence electrons. The van der Waals surface area contributed by atoms with Gasteiger partial charge in [0.15, 0.2) is 8.32 Å². The van der Waals surface area contributed by atoms with Gasteiger partial charge >= 0.3 is 6.18 Å². The zero-order chi connectivity index (χ0) is 29.5. The van der Waals surface area contributed by atoms with Crippen LogP contribution in [0.4, 0.5) is 13.2 Å². The molecule has 1 aliphatic heterocycles. The number of hydrogen-bond acceptors (Lipinski definition) is 3. The van der Waals surface area contributed by atoms with Gasteiger partial charge in [0.1, 0.15) is 11.7 Å². The number of nitrogens with zero attached hydrogens (tertiary/aromatic N) is 1. The predicted molar refractivity (Wildman–Crippen MR) is 156 cm³/mol. The van der Waals surface area contributed by atoms with Crippen molar-refractivity contribution in [3.63, 3.8) is 0 Å². The second-order valence-electron chi connectivity index (χ2n) is 14.7. The summed E-state index contributed by atoms with van der Waals surface area (Å²) in [5.41, 5.74) is 4.93. The first-order chi connectivity index (χ1) is 18.4. The largest absolute Gasteiger partial charge is 0.416 e. The third-order valence-electron chi connectivity index (χ3n) is 9.50. The number of benzene rings is 1. The van der Waals surface area contributed by atoms with E-state index in [1.807, 2.05) is 0 Å². The minimum absolute atomic E-state index is 0.0283. The summed E-state index contributed by atoms with van der Waals surface area (Å²) in [5, 5.41) is 0.0490. The molecule has 1 aromatic heterocycles. The van der Waals surface area contributed by atoms with Crippen LogP contribution in [0.2, 0.25) is 18.1 Å². The molecule has 0 amide bonds. The Morgan fingerprint density at radius 2 is 1.70 bits per heavy atom. The van der Waals surface area contributed by atoms with Gasteiger partial charge in [0.05, 0.1) is 11.7 Å². The summed E-state index contributed by atoms with van der Waals surface area (Å²) >= 11 is 0. The lowest BCUT2D eigenvalue weighted by molar-refractivity contribution is -0.137. The number of rotatable bonds is 4. The fourth-order valence-electron chi connectivity index (χ4n) is 6.46. The van der Waals surface area contributed by atoms with Crippen molar-refractivity contribution in [2.45, 2.75) is 122 Å². The maximum atomic E-state index is 13.4. The molecule has 3 nitrogen and oxygen atoms in total. The quantitative estimate of drug-likeness (QED) is 0.270. The Bertz CT molecular complexity index is 1320. The Balaban J connectivity index is 1.76. The van der Waals surface area contributed by atoms with Crippen LogP contribution in [0.3, 0.4) is 0 Å². The fraction of sp³-hybridized carbons (Fsp3) is 0.606. The third-order valence-corrected chi connectivity index (χ3v) is 14.0. The van der Waals surface area contributed by atoms with Crippen molar-refractivity contribution in [1.82, 2.24) is 4.98 Å². The van der Waals surface area contributed by atoms with Crippen molar-refractivity contribution in [3.8, 4) is 0 Å². The number of alkyl halides is 3. The van der Waals surface area contributed by atoms with Gasteiger partial charge in [-0.15, -0.1) is 0 Å². The number of halogens is 3. The van der Waals surface area contributed by atoms with E-state index in [2.05, 4.69) is 73.7 Å². The molecule has 7 heteroatoms. The van der Waals surface area contributed by atoms with Crippen LogP contribution in [0.25, 0.3) is 0 Å².